The summed E-state index contributed by atoms with van der Waals surface area (Å²) in [6, 6.07) is 10.8. The Morgan fingerprint density at radius 2 is 1.67 bits per heavy atom. The van der Waals surface area contributed by atoms with Crippen molar-refractivity contribution in [3.05, 3.63) is 98.6 Å². The molecule has 2 aromatic carbocycles. The van der Waals surface area contributed by atoms with E-state index in [2.05, 4.69) is 22.5 Å². The fraction of sp³-hybridized carbons (Fsp3) is 0.250. The summed E-state index contributed by atoms with van der Waals surface area (Å²) in [5.41, 5.74) is 5.20. The number of rotatable bonds is 3. The van der Waals surface area contributed by atoms with Gasteiger partial charge in [0.05, 0.1) is 22.0 Å². The fourth-order valence-electron chi connectivity index (χ4n) is 6.76. The van der Waals surface area contributed by atoms with Crippen LogP contribution in [0.5, 0.6) is 5.75 Å². The van der Waals surface area contributed by atoms with E-state index in [9.17, 15) is 24.3 Å². The number of nitrogens with zero attached hydrogens (tertiary/aromatic N) is 1. The van der Waals surface area contributed by atoms with Crippen LogP contribution >= 0.6 is 15.9 Å². The molecule has 0 spiro atoms. The van der Waals surface area contributed by atoms with Gasteiger partial charge >= 0.3 is 0 Å². The van der Waals surface area contributed by atoms with Gasteiger partial charge in [0.25, 0.3) is 0 Å². The maximum absolute atomic E-state index is 14.0. The smallest absolute Gasteiger partial charge is 0.238 e. The minimum absolute atomic E-state index is 0.182. The van der Waals surface area contributed by atoms with Gasteiger partial charge in [-0.3, -0.25) is 24.1 Å². The molecule has 0 bridgehead atoms. The molecule has 4 atom stereocenters. The van der Waals surface area contributed by atoms with Gasteiger partial charge in [-0.05, 0) is 82.9 Å². The van der Waals surface area contributed by atoms with Crippen LogP contribution < -0.4 is 4.90 Å². The summed E-state index contributed by atoms with van der Waals surface area (Å²) < 4.78 is 0.195. The molecule has 1 fully saturated rings. The number of benzene rings is 2. The van der Waals surface area contributed by atoms with E-state index in [4.69, 9.17) is 0 Å². The molecule has 39 heavy (non-hydrogen) atoms. The lowest BCUT2D eigenvalue weighted by atomic mass is 9.59. The van der Waals surface area contributed by atoms with Gasteiger partial charge in [-0.2, -0.15) is 0 Å². The van der Waals surface area contributed by atoms with Gasteiger partial charge < -0.3 is 5.11 Å². The Bertz CT molecular complexity index is 1590. The Hall–Kier alpha value is -3.84. The van der Waals surface area contributed by atoms with Crippen molar-refractivity contribution < 1.29 is 24.3 Å². The van der Waals surface area contributed by atoms with Crippen LogP contribution in [-0.2, 0) is 19.2 Å². The molecule has 0 radical (unpaired) electrons. The molecule has 6 rings (SSSR count). The Morgan fingerprint density at radius 3 is 2.31 bits per heavy atom. The normalized spacial score (nSPS) is 26.2. The van der Waals surface area contributed by atoms with Gasteiger partial charge in [0.1, 0.15) is 5.75 Å². The van der Waals surface area contributed by atoms with E-state index >= 15 is 0 Å². The number of carbonyl (C=O) groups is 4. The number of amides is 2. The number of phenols is 1. The lowest BCUT2D eigenvalue weighted by molar-refractivity contribution is -0.123. The molecule has 7 heteroatoms. The highest BCUT2D eigenvalue weighted by molar-refractivity contribution is 9.12. The standard InChI is InChI=1S/C32H26BrNO5/c1-4-17-5-7-19(8-6-17)34-31(38)21-10-9-20-22(27(21)32(34)39)13-23-28(25(35)14-24(33)30(23)37)26(20)18-11-15(2)29(36)16(3)12-18/h4-9,11-12,14,21-22,26-27,36H,1,10,13H2,2-3H3/t21-,22+,26-,27-/m0/s1. The second-order valence-corrected chi connectivity index (χ2v) is 11.6. The third kappa shape index (κ3) is 3.74. The predicted molar refractivity (Wildman–Crippen MR) is 151 cm³/mol. The molecule has 0 saturated carbocycles. The zero-order valence-electron chi connectivity index (χ0n) is 21.5. The van der Waals surface area contributed by atoms with E-state index in [0.29, 0.717) is 34.4 Å². The van der Waals surface area contributed by atoms with Gasteiger partial charge in [0.15, 0.2) is 11.6 Å². The SMILES string of the molecule is C=Cc1ccc(N2C(=O)[C@H]3[C@H](CC=C4[C@H](c5cc(C)c(O)c(C)c5)C5=C(C[C@H]43)C(=O)C(Br)=CC5=O)C2=O)cc1. The quantitative estimate of drug-likeness (QED) is 0.288. The number of hydrogen-bond donors (Lipinski definition) is 1. The Balaban J connectivity index is 1.49. The van der Waals surface area contributed by atoms with Crippen LogP contribution in [0.25, 0.3) is 6.08 Å². The number of anilines is 1. The van der Waals surface area contributed by atoms with Gasteiger partial charge in [0.2, 0.25) is 11.8 Å². The van der Waals surface area contributed by atoms with Crippen molar-refractivity contribution in [3.8, 4) is 5.75 Å². The first-order chi connectivity index (χ1) is 18.6. The Kier molecular flexibility index (Phi) is 5.95. The maximum Gasteiger partial charge on any atom is 0.238 e. The molecule has 6 nitrogen and oxygen atoms in total. The molecule has 1 saturated heterocycles. The lowest BCUT2D eigenvalue weighted by Gasteiger charge is -2.42. The number of allylic oxidation sites excluding steroid dienone is 6. The second-order valence-electron chi connectivity index (χ2n) is 10.7. The molecule has 4 aliphatic rings. The molecule has 3 aliphatic carbocycles. The van der Waals surface area contributed by atoms with Crippen LogP contribution in [-0.4, -0.2) is 28.5 Å². The molecular weight excluding hydrogens is 558 g/mol. The first kappa shape index (κ1) is 25.4. The van der Waals surface area contributed by atoms with E-state index in [1.165, 1.54) is 11.0 Å². The topological polar surface area (TPSA) is 91.8 Å². The minimum atomic E-state index is -0.639. The summed E-state index contributed by atoms with van der Waals surface area (Å²) in [4.78, 5) is 55.6. The zero-order chi connectivity index (χ0) is 27.7. The first-order valence-electron chi connectivity index (χ1n) is 12.9. The molecule has 1 aliphatic heterocycles. The van der Waals surface area contributed by atoms with Crippen LogP contribution in [0.4, 0.5) is 5.69 Å². The summed E-state index contributed by atoms with van der Waals surface area (Å²) >= 11 is 3.26. The molecule has 2 amide bonds. The summed E-state index contributed by atoms with van der Waals surface area (Å²) in [7, 11) is 0. The van der Waals surface area contributed by atoms with Gasteiger partial charge in [-0.1, -0.05) is 48.6 Å². The van der Waals surface area contributed by atoms with Crippen LogP contribution in [0.1, 0.15) is 41.0 Å². The number of Topliss-reactive ketones (excluding diaryl/α,β-unsaturated/α-hetero) is 1. The number of fused-ring (bicyclic) bond motifs is 3. The van der Waals surface area contributed by atoms with Crippen molar-refractivity contribution >= 4 is 51.1 Å². The molecular formula is C32H26BrNO5. The molecule has 0 unspecified atom stereocenters. The molecule has 1 heterocycles. The van der Waals surface area contributed by atoms with E-state index in [-0.39, 0.29) is 40.0 Å². The molecule has 196 valence electrons. The number of phenolic OH excluding ortho intramolecular Hbond substituents is 1. The Labute approximate surface area is 234 Å². The van der Waals surface area contributed by atoms with E-state index in [0.717, 1.165) is 16.7 Å². The summed E-state index contributed by atoms with van der Waals surface area (Å²) in [6.45, 7) is 7.35. The first-order valence-corrected chi connectivity index (χ1v) is 13.7. The third-order valence-corrected chi connectivity index (χ3v) is 9.15. The van der Waals surface area contributed by atoms with Crippen LogP contribution in [0.3, 0.4) is 0 Å². The lowest BCUT2D eigenvalue weighted by Crippen LogP contribution is -2.39. The van der Waals surface area contributed by atoms with E-state index < -0.39 is 23.7 Å². The highest BCUT2D eigenvalue weighted by Crippen LogP contribution is 2.56. The number of imide groups is 1. The van der Waals surface area contributed by atoms with Crippen molar-refractivity contribution in [2.45, 2.75) is 32.6 Å². The molecule has 2 aromatic rings. The van der Waals surface area contributed by atoms with Crippen LogP contribution in [0, 0.1) is 31.6 Å². The number of ketones is 2. The van der Waals surface area contributed by atoms with Gasteiger partial charge in [-0.25, -0.2) is 0 Å². The monoisotopic (exact) mass is 583 g/mol. The summed E-state index contributed by atoms with van der Waals surface area (Å²) in [5.74, 6) is -2.99. The number of aryl methyl sites for hydroxylation is 2. The molecule has 0 aromatic heterocycles. The van der Waals surface area contributed by atoms with E-state index in [1.807, 2.05) is 30.3 Å². The highest BCUT2D eigenvalue weighted by atomic mass is 79.9. The number of halogens is 1. The van der Waals surface area contributed by atoms with E-state index in [1.54, 1.807) is 32.1 Å². The second kappa shape index (κ2) is 9.12. The van der Waals surface area contributed by atoms with Gasteiger partial charge in [0, 0.05) is 23.1 Å². The van der Waals surface area contributed by atoms with Crippen LogP contribution in [0.2, 0.25) is 0 Å². The fourth-order valence-corrected chi connectivity index (χ4v) is 7.20. The van der Waals surface area contributed by atoms with Gasteiger partial charge in [-0.15, -0.1) is 0 Å². The average molecular weight is 584 g/mol. The number of aromatic hydroxyl groups is 1. The largest absolute Gasteiger partial charge is 0.507 e. The van der Waals surface area contributed by atoms with Crippen molar-refractivity contribution in [2.75, 3.05) is 4.90 Å². The average Bonchev–Trinajstić information content (AvgIpc) is 3.18. The van der Waals surface area contributed by atoms with Crippen molar-refractivity contribution in [1.82, 2.24) is 0 Å². The maximum atomic E-state index is 14.0. The van der Waals surface area contributed by atoms with Crippen molar-refractivity contribution in [2.24, 2.45) is 17.8 Å². The minimum Gasteiger partial charge on any atom is -0.507 e. The zero-order valence-corrected chi connectivity index (χ0v) is 23.1. The Morgan fingerprint density at radius 1 is 1.00 bits per heavy atom. The van der Waals surface area contributed by atoms with Crippen LogP contribution in [0.15, 0.2) is 76.3 Å². The highest BCUT2D eigenvalue weighted by Gasteiger charge is 2.56. The summed E-state index contributed by atoms with van der Waals surface area (Å²) in [5, 5.41) is 10.4. The predicted octanol–water partition coefficient (Wildman–Crippen LogP) is 5.62. The third-order valence-electron chi connectivity index (χ3n) is 8.56. The number of hydrogen-bond acceptors (Lipinski definition) is 5. The number of carbonyl (C=O) groups excluding carboxylic acids is 4. The van der Waals surface area contributed by atoms with Crippen molar-refractivity contribution in [3.63, 3.8) is 0 Å². The molecule has 1 N–H and O–H groups in total. The van der Waals surface area contributed by atoms with Crippen molar-refractivity contribution in [1.29, 1.82) is 0 Å². The summed E-state index contributed by atoms with van der Waals surface area (Å²) in [6.07, 6.45) is 5.60.